The Morgan fingerprint density at radius 3 is 2.57 bits per heavy atom. The highest BCUT2D eigenvalue weighted by atomic mass is 32.2. The van der Waals surface area contributed by atoms with Crippen LogP contribution in [0.5, 0.6) is 0 Å². The van der Waals surface area contributed by atoms with Gasteiger partial charge in [0, 0.05) is 51.0 Å². The first-order chi connectivity index (χ1) is 11.3. The Bertz CT molecular complexity index is 502. The zero-order chi connectivity index (χ0) is 16.1. The molecule has 2 aliphatic heterocycles. The van der Waals surface area contributed by atoms with Crippen LogP contribution in [0.3, 0.4) is 0 Å². The van der Waals surface area contributed by atoms with E-state index in [-0.39, 0.29) is 0 Å². The molecule has 126 valence electrons. The van der Waals surface area contributed by atoms with Gasteiger partial charge in [0.15, 0.2) is 0 Å². The summed E-state index contributed by atoms with van der Waals surface area (Å²) >= 11 is 1.63. The number of carbonyl (C=O) groups is 1. The maximum Gasteiger partial charge on any atom is 0.232 e. The first-order valence-electron chi connectivity index (χ1n) is 8.58. The van der Waals surface area contributed by atoms with Crippen LogP contribution < -0.4 is 4.90 Å². The van der Waals surface area contributed by atoms with E-state index in [0.29, 0.717) is 17.7 Å². The minimum atomic E-state index is 0.310. The third kappa shape index (κ3) is 4.21. The summed E-state index contributed by atoms with van der Waals surface area (Å²) in [5.41, 5.74) is 1.33. The van der Waals surface area contributed by atoms with Crippen molar-refractivity contribution in [2.24, 2.45) is 0 Å². The molecule has 0 unspecified atom stereocenters. The van der Waals surface area contributed by atoms with Crippen molar-refractivity contribution < 1.29 is 4.79 Å². The Hall–Kier alpha value is -1.20. The Balaban J connectivity index is 1.52. The Kier molecular flexibility index (Phi) is 5.84. The van der Waals surface area contributed by atoms with Gasteiger partial charge in [0.25, 0.3) is 0 Å². The highest BCUT2D eigenvalue weighted by molar-refractivity contribution is 7.99. The highest BCUT2D eigenvalue weighted by Gasteiger charge is 2.29. The smallest absolute Gasteiger partial charge is 0.232 e. The van der Waals surface area contributed by atoms with E-state index in [9.17, 15) is 4.79 Å². The summed E-state index contributed by atoms with van der Waals surface area (Å²) < 4.78 is 0. The van der Waals surface area contributed by atoms with E-state index in [4.69, 9.17) is 0 Å². The van der Waals surface area contributed by atoms with Crippen molar-refractivity contribution in [3.63, 3.8) is 0 Å². The van der Waals surface area contributed by atoms with Gasteiger partial charge >= 0.3 is 0 Å². The SMILES string of the molecule is CSCC(=O)N1CCC[C@@H](N2CCN(c3ccccc3)CC2)C1. The van der Waals surface area contributed by atoms with Gasteiger partial charge in [0.05, 0.1) is 5.75 Å². The molecule has 23 heavy (non-hydrogen) atoms. The molecule has 2 fully saturated rings. The molecule has 1 aromatic carbocycles. The molecule has 4 nitrogen and oxygen atoms in total. The van der Waals surface area contributed by atoms with Crippen LogP contribution in [0.4, 0.5) is 5.69 Å². The van der Waals surface area contributed by atoms with E-state index in [1.54, 1.807) is 11.8 Å². The van der Waals surface area contributed by atoms with Crippen LogP contribution in [-0.4, -0.2) is 73.0 Å². The zero-order valence-electron chi connectivity index (χ0n) is 14.0. The lowest BCUT2D eigenvalue weighted by Crippen LogP contribution is -2.56. The van der Waals surface area contributed by atoms with Gasteiger partial charge in [-0.1, -0.05) is 18.2 Å². The number of nitrogens with zero attached hydrogens (tertiary/aromatic N) is 3. The molecule has 0 aromatic heterocycles. The number of piperazine rings is 1. The van der Waals surface area contributed by atoms with E-state index < -0.39 is 0 Å². The topological polar surface area (TPSA) is 26.8 Å². The van der Waals surface area contributed by atoms with Crippen LogP contribution in [-0.2, 0) is 4.79 Å². The van der Waals surface area contributed by atoms with Crippen LogP contribution in [0.25, 0.3) is 0 Å². The average Bonchev–Trinajstić information content (AvgIpc) is 2.63. The second kappa shape index (κ2) is 8.06. The molecule has 0 N–H and O–H groups in total. The number of anilines is 1. The monoisotopic (exact) mass is 333 g/mol. The molecule has 3 rings (SSSR count). The number of carbonyl (C=O) groups excluding carboxylic acids is 1. The molecule has 2 aliphatic rings. The van der Waals surface area contributed by atoms with Crippen molar-refractivity contribution in [2.45, 2.75) is 18.9 Å². The van der Waals surface area contributed by atoms with Crippen LogP contribution in [0.15, 0.2) is 30.3 Å². The first-order valence-corrected chi connectivity index (χ1v) is 9.98. The predicted octanol–water partition coefficient (Wildman–Crippen LogP) is 2.16. The van der Waals surface area contributed by atoms with E-state index in [2.05, 4.69) is 45.0 Å². The van der Waals surface area contributed by atoms with Gasteiger partial charge in [0.1, 0.15) is 0 Å². The van der Waals surface area contributed by atoms with E-state index in [1.165, 1.54) is 12.1 Å². The van der Waals surface area contributed by atoms with Crippen molar-refractivity contribution in [2.75, 3.05) is 56.2 Å². The number of amides is 1. The van der Waals surface area contributed by atoms with Gasteiger partial charge in [-0.05, 0) is 31.2 Å². The second-order valence-corrected chi connectivity index (χ2v) is 7.29. The standard InChI is InChI=1S/C18H27N3OS/c1-23-15-18(22)21-9-5-8-17(14-21)20-12-10-19(11-13-20)16-6-3-2-4-7-16/h2-4,6-7,17H,5,8-15H2,1H3/t17-/m1/s1. The molecule has 0 aliphatic carbocycles. The van der Waals surface area contributed by atoms with Crippen molar-refractivity contribution in [3.05, 3.63) is 30.3 Å². The predicted molar refractivity (Wildman–Crippen MR) is 98.2 cm³/mol. The number of rotatable bonds is 4. The fraction of sp³-hybridized carbons (Fsp3) is 0.611. The third-order valence-corrected chi connectivity index (χ3v) is 5.50. The molecule has 0 saturated carbocycles. The normalized spacial score (nSPS) is 23.1. The Morgan fingerprint density at radius 1 is 1.13 bits per heavy atom. The average molecular weight is 334 g/mol. The van der Waals surface area contributed by atoms with E-state index in [0.717, 1.165) is 45.7 Å². The summed E-state index contributed by atoms with van der Waals surface area (Å²) in [5, 5.41) is 0. The largest absolute Gasteiger partial charge is 0.369 e. The lowest BCUT2D eigenvalue weighted by Gasteiger charge is -2.44. The summed E-state index contributed by atoms with van der Waals surface area (Å²) in [4.78, 5) is 19.3. The number of piperidine rings is 1. The molecule has 0 radical (unpaired) electrons. The van der Waals surface area contributed by atoms with Crippen LogP contribution in [0, 0.1) is 0 Å². The van der Waals surface area contributed by atoms with Gasteiger partial charge in [0.2, 0.25) is 5.91 Å². The molecule has 2 heterocycles. The van der Waals surface area contributed by atoms with Gasteiger partial charge in [-0.25, -0.2) is 0 Å². The maximum atomic E-state index is 12.1. The molecule has 1 aromatic rings. The molecule has 0 bridgehead atoms. The number of para-hydroxylation sites is 1. The van der Waals surface area contributed by atoms with Crippen LogP contribution in [0.1, 0.15) is 12.8 Å². The number of hydrogen-bond donors (Lipinski definition) is 0. The molecule has 1 atom stereocenters. The molecule has 5 heteroatoms. The molecule has 1 amide bonds. The number of likely N-dealkylation sites (tertiary alicyclic amines) is 1. The molecular weight excluding hydrogens is 306 g/mol. The third-order valence-electron chi connectivity index (χ3n) is 4.97. The van der Waals surface area contributed by atoms with Crippen molar-refractivity contribution in [3.8, 4) is 0 Å². The van der Waals surface area contributed by atoms with Crippen molar-refractivity contribution >= 4 is 23.4 Å². The minimum absolute atomic E-state index is 0.310. The summed E-state index contributed by atoms with van der Waals surface area (Å²) in [6.07, 6.45) is 4.38. The van der Waals surface area contributed by atoms with Crippen LogP contribution in [0.2, 0.25) is 0 Å². The summed E-state index contributed by atoms with van der Waals surface area (Å²) in [6, 6.07) is 11.2. The summed E-state index contributed by atoms with van der Waals surface area (Å²) in [7, 11) is 0. The Labute approximate surface area is 143 Å². The quantitative estimate of drug-likeness (QED) is 0.844. The van der Waals surface area contributed by atoms with E-state index >= 15 is 0 Å². The number of hydrogen-bond acceptors (Lipinski definition) is 4. The highest BCUT2D eigenvalue weighted by Crippen LogP contribution is 2.21. The minimum Gasteiger partial charge on any atom is -0.369 e. The van der Waals surface area contributed by atoms with Gasteiger partial charge in [-0.2, -0.15) is 11.8 Å². The molecule has 2 saturated heterocycles. The summed E-state index contributed by atoms with van der Waals surface area (Å²) in [6.45, 7) is 6.23. The Morgan fingerprint density at radius 2 is 1.87 bits per heavy atom. The van der Waals surface area contributed by atoms with E-state index in [1.807, 2.05) is 6.26 Å². The molecule has 0 spiro atoms. The van der Waals surface area contributed by atoms with Gasteiger partial charge in [-0.3, -0.25) is 9.69 Å². The van der Waals surface area contributed by atoms with Crippen molar-refractivity contribution in [1.29, 1.82) is 0 Å². The summed E-state index contributed by atoms with van der Waals surface area (Å²) in [5.74, 6) is 0.930. The fourth-order valence-electron chi connectivity index (χ4n) is 3.68. The van der Waals surface area contributed by atoms with Crippen LogP contribution >= 0.6 is 11.8 Å². The van der Waals surface area contributed by atoms with Gasteiger partial charge in [-0.15, -0.1) is 0 Å². The fourth-order valence-corrected chi connectivity index (χ4v) is 4.11. The second-order valence-electron chi connectivity index (χ2n) is 6.43. The zero-order valence-corrected chi connectivity index (χ0v) is 14.8. The van der Waals surface area contributed by atoms with Gasteiger partial charge < -0.3 is 9.80 Å². The number of benzene rings is 1. The molecular formula is C18H27N3OS. The van der Waals surface area contributed by atoms with Crippen molar-refractivity contribution in [1.82, 2.24) is 9.80 Å². The number of thioether (sulfide) groups is 1. The first kappa shape index (κ1) is 16.7. The lowest BCUT2D eigenvalue weighted by molar-refractivity contribution is -0.130. The maximum absolute atomic E-state index is 12.1. The lowest BCUT2D eigenvalue weighted by atomic mass is 10.0.